The van der Waals surface area contributed by atoms with Crippen molar-refractivity contribution < 1.29 is 32.6 Å². The van der Waals surface area contributed by atoms with E-state index in [1.54, 1.807) is 18.2 Å². The zero-order chi connectivity index (χ0) is 27.9. The molecule has 2 aromatic rings. The average molecular weight is 546 g/mol. The van der Waals surface area contributed by atoms with Crippen molar-refractivity contribution in [3.8, 4) is 5.88 Å². The summed E-state index contributed by atoms with van der Waals surface area (Å²) in [6.45, 7) is 5.87. The first-order valence-corrected chi connectivity index (χ1v) is 13.5. The number of fused-ring (bicyclic) bond motifs is 1. The Morgan fingerprint density at radius 2 is 1.90 bits per heavy atom. The Bertz CT molecular complexity index is 1240. The van der Waals surface area contributed by atoms with Gasteiger partial charge in [0.25, 0.3) is 0 Å². The molecule has 1 N–H and O–H groups in total. The minimum Gasteiger partial charge on any atom is -0.478 e. The Kier molecular flexibility index (Phi) is 7.35. The summed E-state index contributed by atoms with van der Waals surface area (Å²) in [5.41, 5.74) is 0.179. The number of carboxylic acid groups (broad SMARTS) is 1. The molecule has 0 bridgehead atoms. The monoisotopic (exact) mass is 545 g/mol. The number of alkyl halides is 3. The van der Waals surface area contributed by atoms with E-state index in [9.17, 15) is 27.9 Å². The van der Waals surface area contributed by atoms with E-state index in [-0.39, 0.29) is 42.6 Å². The van der Waals surface area contributed by atoms with E-state index in [0.717, 1.165) is 56.6 Å². The van der Waals surface area contributed by atoms with Crippen LogP contribution < -0.4 is 4.74 Å². The Hall–Kier alpha value is -3.14. The molecule has 210 valence electrons. The van der Waals surface area contributed by atoms with Crippen molar-refractivity contribution in [2.24, 2.45) is 11.3 Å². The van der Waals surface area contributed by atoms with Gasteiger partial charge in [0.05, 0.1) is 23.1 Å². The highest BCUT2D eigenvalue weighted by molar-refractivity contribution is 5.87. The number of nitrogens with zero attached hydrogens (tertiary/aromatic N) is 3. The zero-order valence-electron chi connectivity index (χ0n) is 22.2. The largest absolute Gasteiger partial charge is 0.478 e. The first-order valence-electron chi connectivity index (χ1n) is 13.5. The van der Waals surface area contributed by atoms with Crippen LogP contribution in [-0.2, 0) is 17.5 Å². The topological polar surface area (TPSA) is 83.0 Å². The number of pyridine rings is 1. The molecule has 10 heteroatoms. The van der Waals surface area contributed by atoms with Gasteiger partial charge in [-0.1, -0.05) is 26.0 Å². The first-order chi connectivity index (χ1) is 18.5. The standard InChI is InChI=1S/C29H34F3N3O4/c1-18(2)28(27(38)35-16-22-13-23(29(30,31)32)15-33-25(22)39-17-35)9-6-24(14-28)34-10-7-19(8-11-34)20-4-3-5-21(12-20)26(36)37/h3-5,12-13,15,18-19,24H,6-11,14,16-17H2,1-2H3,(H,36,37)/t24-,28+/m1/s1. The first kappa shape index (κ1) is 27.4. The number of piperidine rings is 1. The number of rotatable bonds is 5. The van der Waals surface area contributed by atoms with E-state index in [0.29, 0.717) is 17.9 Å². The van der Waals surface area contributed by atoms with Crippen LogP contribution in [0.5, 0.6) is 5.88 Å². The van der Waals surface area contributed by atoms with E-state index in [1.807, 2.05) is 19.9 Å². The molecule has 2 fully saturated rings. The normalized spacial score (nSPS) is 24.5. The number of halogens is 3. The van der Waals surface area contributed by atoms with Crippen molar-refractivity contribution >= 4 is 11.9 Å². The van der Waals surface area contributed by atoms with Crippen LogP contribution in [0.25, 0.3) is 0 Å². The van der Waals surface area contributed by atoms with Gasteiger partial charge in [0, 0.05) is 17.8 Å². The second-order valence-electron chi connectivity index (χ2n) is 11.4. The maximum atomic E-state index is 13.9. The van der Waals surface area contributed by atoms with Crippen LogP contribution in [0.3, 0.4) is 0 Å². The third-order valence-electron chi connectivity index (χ3n) is 8.96. The molecule has 1 aliphatic carbocycles. The van der Waals surface area contributed by atoms with Crippen molar-refractivity contribution in [1.29, 1.82) is 0 Å². The molecule has 1 saturated carbocycles. The molecule has 0 radical (unpaired) electrons. The number of aromatic carboxylic acids is 1. The summed E-state index contributed by atoms with van der Waals surface area (Å²) in [6.07, 6.45) is 0.402. The molecular weight excluding hydrogens is 511 g/mol. The number of benzene rings is 1. The maximum Gasteiger partial charge on any atom is 0.417 e. The number of carbonyl (C=O) groups excluding carboxylic acids is 1. The van der Waals surface area contributed by atoms with Crippen LogP contribution >= 0.6 is 0 Å². The number of aromatic nitrogens is 1. The molecule has 1 aromatic carbocycles. The fraction of sp³-hybridized carbons (Fsp3) is 0.552. The molecule has 1 saturated heterocycles. The summed E-state index contributed by atoms with van der Waals surface area (Å²) in [4.78, 5) is 33.1. The van der Waals surface area contributed by atoms with Crippen LogP contribution in [0.2, 0.25) is 0 Å². The SMILES string of the molecule is CC(C)[C@]1(C(=O)N2COc3ncc(C(F)(F)F)cc3C2)CC[C@@H](N2CCC(c3cccc(C(=O)O)c3)CC2)C1. The number of hydrogen-bond donors (Lipinski definition) is 1. The molecule has 3 aliphatic rings. The number of carbonyl (C=O) groups is 2. The van der Waals surface area contributed by atoms with Gasteiger partial charge < -0.3 is 19.6 Å². The Balaban J connectivity index is 1.25. The van der Waals surface area contributed by atoms with Crippen molar-refractivity contribution in [2.75, 3.05) is 19.8 Å². The molecule has 2 aliphatic heterocycles. The minimum atomic E-state index is -4.52. The van der Waals surface area contributed by atoms with Gasteiger partial charge in [0.2, 0.25) is 11.8 Å². The lowest BCUT2D eigenvalue weighted by atomic mass is 9.74. The summed E-state index contributed by atoms with van der Waals surface area (Å²) >= 11 is 0. The number of likely N-dealkylation sites (tertiary alicyclic amines) is 1. The van der Waals surface area contributed by atoms with Gasteiger partial charge >= 0.3 is 12.1 Å². The van der Waals surface area contributed by atoms with Crippen LogP contribution in [0.15, 0.2) is 36.5 Å². The lowest BCUT2D eigenvalue weighted by Crippen LogP contribution is -2.49. The van der Waals surface area contributed by atoms with E-state index >= 15 is 0 Å². The third-order valence-corrected chi connectivity index (χ3v) is 8.96. The highest BCUT2D eigenvalue weighted by atomic mass is 19.4. The molecule has 39 heavy (non-hydrogen) atoms. The smallest absolute Gasteiger partial charge is 0.417 e. The molecule has 7 nitrogen and oxygen atoms in total. The predicted octanol–water partition coefficient (Wildman–Crippen LogP) is 5.55. The maximum absolute atomic E-state index is 13.9. The predicted molar refractivity (Wildman–Crippen MR) is 137 cm³/mol. The summed E-state index contributed by atoms with van der Waals surface area (Å²) in [5, 5.41) is 9.32. The number of amides is 1. The molecule has 3 heterocycles. The van der Waals surface area contributed by atoms with Gasteiger partial charge in [-0.3, -0.25) is 4.79 Å². The average Bonchev–Trinajstić information content (AvgIpc) is 3.39. The van der Waals surface area contributed by atoms with Gasteiger partial charge in [-0.25, -0.2) is 9.78 Å². The quantitative estimate of drug-likeness (QED) is 0.531. The van der Waals surface area contributed by atoms with E-state index in [1.165, 1.54) is 4.90 Å². The van der Waals surface area contributed by atoms with Crippen molar-refractivity contribution in [1.82, 2.24) is 14.8 Å². The van der Waals surface area contributed by atoms with Gasteiger partial charge in [0.1, 0.15) is 0 Å². The van der Waals surface area contributed by atoms with Gasteiger partial charge in [-0.2, -0.15) is 13.2 Å². The second-order valence-corrected chi connectivity index (χ2v) is 11.4. The second kappa shape index (κ2) is 10.4. The number of carboxylic acids is 1. The summed E-state index contributed by atoms with van der Waals surface area (Å²) < 4.78 is 45.3. The number of hydrogen-bond acceptors (Lipinski definition) is 5. The molecule has 1 aromatic heterocycles. The van der Waals surface area contributed by atoms with Crippen LogP contribution in [-0.4, -0.2) is 57.6 Å². The summed E-state index contributed by atoms with van der Waals surface area (Å²) in [5.74, 6) is -0.476. The molecule has 2 atom stereocenters. The molecule has 5 rings (SSSR count). The molecule has 0 spiro atoms. The lowest BCUT2D eigenvalue weighted by molar-refractivity contribution is -0.150. The van der Waals surface area contributed by atoms with Crippen LogP contribution in [0, 0.1) is 11.3 Å². The molecule has 0 unspecified atom stereocenters. The zero-order valence-corrected chi connectivity index (χ0v) is 22.2. The van der Waals surface area contributed by atoms with E-state index < -0.39 is 23.1 Å². The van der Waals surface area contributed by atoms with Crippen molar-refractivity contribution in [3.63, 3.8) is 0 Å². The summed E-state index contributed by atoms with van der Waals surface area (Å²) in [6, 6.07) is 8.45. The Morgan fingerprint density at radius 1 is 1.15 bits per heavy atom. The Morgan fingerprint density at radius 3 is 2.56 bits per heavy atom. The van der Waals surface area contributed by atoms with Gasteiger partial charge in [-0.15, -0.1) is 0 Å². The molecular formula is C29H34F3N3O4. The summed E-state index contributed by atoms with van der Waals surface area (Å²) in [7, 11) is 0. The van der Waals surface area contributed by atoms with E-state index in [4.69, 9.17) is 4.74 Å². The van der Waals surface area contributed by atoms with Gasteiger partial charge in [0.15, 0.2) is 6.73 Å². The Labute approximate surface area is 226 Å². The lowest BCUT2D eigenvalue weighted by Gasteiger charge is -2.41. The van der Waals surface area contributed by atoms with Crippen molar-refractivity contribution in [2.45, 2.75) is 70.6 Å². The van der Waals surface area contributed by atoms with Gasteiger partial charge in [-0.05, 0) is 80.8 Å². The number of ether oxygens (including phenoxy) is 1. The third kappa shape index (κ3) is 5.35. The fourth-order valence-electron chi connectivity index (χ4n) is 6.58. The fourth-order valence-corrected chi connectivity index (χ4v) is 6.58. The van der Waals surface area contributed by atoms with Crippen LogP contribution in [0.1, 0.15) is 78.9 Å². The highest BCUT2D eigenvalue weighted by Gasteiger charge is 2.51. The minimum absolute atomic E-state index is 0.0237. The van der Waals surface area contributed by atoms with E-state index in [2.05, 4.69) is 9.88 Å². The highest BCUT2D eigenvalue weighted by Crippen LogP contribution is 2.49. The van der Waals surface area contributed by atoms with Crippen LogP contribution in [0.4, 0.5) is 13.2 Å². The van der Waals surface area contributed by atoms with Crippen molar-refractivity contribution in [3.05, 3.63) is 58.8 Å². The molecule has 1 amide bonds.